The molecule has 0 amide bonds. The quantitative estimate of drug-likeness (QED) is 0.362. The van der Waals surface area contributed by atoms with E-state index >= 15 is 8.78 Å². The third kappa shape index (κ3) is 5.83. The third-order valence-corrected chi connectivity index (χ3v) is 10.9. The minimum Gasteiger partial charge on any atom is -0.379 e. The SMILES string of the molecule is C[C@H]1C[C@@]2(F)CSC(N)=N[C@@]2(c2cc(F)cc(Br)c2)CO1.C[C@H]1C[C@@]2(F)CSC(N)=N[C@@]2(c2cccc(Br)c2)CO1. The van der Waals surface area contributed by atoms with Gasteiger partial charge in [-0.25, -0.2) is 23.2 Å². The van der Waals surface area contributed by atoms with Crippen LogP contribution in [0.15, 0.2) is 61.4 Å². The summed E-state index contributed by atoms with van der Waals surface area (Å²) in [5.74, 6) is 0.0777. The molecule has 4 aliphatic rings. The highest BCUT2D eigenvalue weighted by Crippen LogP contribution is 2.52. The Morgan fingerprint density at radius 3 is 1.83 bits per heavy atom. The van der Waals surface area contributed by atoms with Gasteiger partial charge in [0.25, 0.3) is 0 Å². The molecule has 4 N–H and O–H groups in total. The van der Waals surface area contributed by atoms with Crippen molar-refractivity contribution in [1.82, 2.24) is 0 Å². The predicted molar refractivity (Wildman–Crippen MR) is 167 cm³/mol. The van der Waals surface area contributed by atoms with Crippen LogP contribution in [0.4, 0.5) is 13.2 Å². The topological polar surface area (TPSA) is 95.2 Å². The van der Waals surface area contributed by atoms with E-state index in [4.69, 9.17) is 20.9 Å². The number of rotatable bonds is 2. The number of amidine groups is 2. The molecule has 6 atom stereocenters. The predicted octanol–water partition coefficient (Wildman–Crippen LogP) is 6.59. The number of alkyl halides is 2. The number of fused-ring (bicyclic) bond motifs is 2. The molecule has 0 spiro atoms. The number of nitrogens with two attached hydrogens (primary N) is 2. The molecular weight excluding hydrogens is 705 g/mol. The van der Waals surface area contributed by atoms with Crippen LogP contribution in [0.1, 0.15) is 37.8 Å². The largest absolute Gasteiger partial charge is 0.379 e. The minimum atomic E-state index is -1.61. The summed E-state index contributed by atoms with van der Waals surface area (Å²) in [6, 6.07) is 11.9. The van der Waals surface area contributed by atoms with Crippen molar-refractivity contribution < 1.29 is 22.6 Å². The number of thioether (sulfide) groups is 2. The van der Waals surface area contributed by atoms with Gasteiger partial charge in [0, 0.05) is 33.3 Å². The molecule has 222 valence electrons. The van der Waals surface area contributed by atoms with Crippen LogP contribution in [0.25, 0.3) is 0 Å². The molecule has 41 heavy (non-hydrogen) atoms. The highest BCUT2D eigenvalue weighted by Gasteiger charge is 2.60. The van der Waals surface area contributed by atoms with E-state index in [1.807, 2.05) is 38.1 Å². The van der Waals surface area contributed by atoms with Crippen LogP contribution in [0, 0.1) is 5.82 Å². The molecule has 2 aromatic rings. The van der Waals surface area contributed by atoms with Gasteiger partial charge in [-0.05, 0) is 55.3 Å². The second-order valence-electron chi connectivity index (χ2n) is 10.9. The Morgan fingerprint density at radius 1 is 0.805 bits per heavy atom. The standard InChI is InChI=1S/C14H15BrF2N2OS.C14H16BrFN2OS/c1-8-5-13(17)7-21-12(18)19-14(13,6-20-8)9-2-10(15)4-11(16)3-9;1-9-6-13(16)8-20-12(17)18-14(13,7-19-9)10-3-2-4-11(15)5-10/h2-4,8H,5-7H2,1H3,(H2,18,19);2-5,9H,6-8H2,1H3,(H2,17,18)/t8-,13+,14+;9-,13+,14+/m00/s1. The number of halogens is 5. The Morgan fingerprint density at radius 2 is 1.32 bits per heavy atom. The van der Waals surface area contributed by atoms with Crippen molar-refractivity contribution in [3.05, 3.63) is 68.4 Å². The molecule has 4 heterocycles. The minimum absolute atomic E-state index is 0.0574. The van der Waals surface area contributed by atoms with Crippen LogP contribution < -0.4 is 11.5 Å². The van der Waals surface area contributed by atoms with Crippen molar-refractivity contribution >= 4 is 65.7 Å². The van der Waals surface area contributed by atoms with Crippen molar-refractivity contribution in [2.24, 2.45) is 21.5 Å². The van der Waals surface area contributed by atoms with Crippen molar-refractivity contribution in [3.8, 4) is 0 Å². The first-order valence-electron chi connectivity index (χ1n) is 13.1. The first-order valence-corrected chi connectivity index (χ1v) is 16.7. The molecular formula is C28H31Br2F3N4O2S2. The number of hydrogen-bond acceptors (Lipinski definition) is 8. The average molecular weight is 737 g/mol. The third-order valence-electron chi connectivity index (χ3n) is 8.00. The summed E-state index contributed by atoms with van der Waals surface area (Å²) in [4.78, 5) is 8.85. The fourth-order valence-corrected chi connectivity index (χ4v) is 8.71. The van der Waals surface area contributed by atoms with Crippen LogP contribution in [-0.2, 0) is 20.6 Å². The first-order chi connectivity index (χ1) is 19.3. The molecule has 2 fully saturated rings. The molecule has 0 radical (unpaired) electrons. The molecule has 13 heteroatoms. The summed E-state index contributed by atoms with van der Waals surface area (Å²) in [7, 11) is 0. The molecule has 6 rings (SSSR count). The summed E-state index contributed by atoms with van der Waals surface area (Å²) >= 11 is 9.17. The molecule has 0 saturated carbocycles. The smallest absolute Gasteiger partial charge is 0.155 e. The molecule has 0 aromatic heterocycles. The van der Waals surface area contributed by atoms with Crippen LogP contribution >= 0.6 is 55.4 Å². The molecule has 4 aliphatic heterocycles. The number of aliphatic imine (C=N–C) groups is 2. The summed E-state index contributed by atoms with van der Waals surface area (Å²) in [5, 5.41) is 0.734. The van der Waals surface area contributed by atoms with Gasteiger partial charge in [0.15, 0.2) is 21.7 Å². The van der Waals surface area contributed by atoms with Gasteiger partial charge in [-0.1, -0.05) is 67.5 Å². The van der Waals surface area contributed by atoms with Gasteiger partial charge in [-0.2, -0.15) is 0 Å². The number of benzene rings is 2. The first kappa shape index (κ1) is 31.2. The van der Waals surface area contributed by atoms with Gasteiger partial charge >= 0.3 is 0 Å². The van der Waals surface area contributed by atoms with Crippen LogP contribution in [0.2, 0.25) is 0 Å². The van der Waals surface area contributed by atoms with Gasteiger partial charge < -0.3 is 20.9 Å². The Kier molecular flexibility index (Phi) is 8.89. The molecule has 0 bridgehead atoms. The molecule has 0 aliphatic carbocycles. The van der Waals surface area contributed by atoms with Crippen molar-refractivity contribution in [2.45, 2.75) is 61.3 Å². The molecule has 6 nitrogen and oxygen atoms in total. The Bertz CT molecular complexity index is 1370. The maximum Gasteiger partial charge on any atom is 0.155 e. The fraction of sp³-hybridized carbons (Fsp3) is 0.500. The van der Waals surface area contributed by atoms with Gasteiger partial charge in [-0.15, -0.1) is 0 Å². The normalized spacial score (nSPS) is 36.6. The van der Waals surface area contributed by atoms with Crippen LogP contribution in [-0.4, -0.2) is 58.6 Å². The van der Waals surface area contributed by atoms with E-state index in [0.717, 1.165) is 10.0 Å². The zero-order chi connectivity index (χ0) is 29.6. The summed E-state index contributed by atoms with van der Waals surface area (Å²) in [5.41, 5.74) is 7.61. The summed E-state index contributed by atoms with van der Waals surface area (Å²) in [6.07, 6.45) is 0.249. The molecule has 2 aromatic carbocycles. The zero-order valence-corrected chi connectivity index (χ0v) is 27.3. The van der Waals surface area contributed by atoms with Crippen molar-refractivity contribution in [3.63, 3.8) is 0 Å². The van der Waals surface area contributed by atoms with E-state index in [-0.39, 0.29) is 37.6 Å². The summed E-state index contributed by atoms with van der Waals surface area (Å²) in [6.45, 7) is 4.02. The van der Waals surface area contributed by atoms with E-state index in [1.165, 1.54) is 35.7 Å². The van der Waals surface area contributed by atoms with Gasteiger partial charge in [0.05, 0.1) is 25.4 Å². The fourth-order valence-electron chi connectivity index (χ4n) is 5.94. The molecule has 0 unspecified atom stereocenters. The lowest BCUT2D eigenvalue weighted by Crippen LogP contribution is -2.60. The lowest BCUT2D eigenvalue weighted by atomic mass is 9.73. The lowest BCUT2D eigenvalue weighted by Gasteiger charge is -2.49. The van der Waals surface area contributed by atoms with Gasteiger partial charge in [-0.3, -0.25) is 0 Å². The Balaban J connectivity index is 0.000000165. The van der Waals surface area contributed by atoms with Crippen LogP contribution in [0.3, 0.4) is 0 Å². The monoisotopic (exact) mass is 734 g/mol. The van der Waals surface area contributed by atoms with E-state index in [1.54, 1.807) is 6.07 Å². The van der Waals surface area contributed by atoms with E-state index in [2.05, 4.69) is 41.8 Å². The van der Waals surface area contributed by atoms with Gasteiger partial charge in [0.1, 0.15) is 16.9 Å². The average Bonchev–Trinajstić information content (AvgIpc) is 2.89. The van der Waals surface area contributed by atoms with E-state index in [0.29, 0.717) is 32.5 Å². The molecule has 2 saturated heterocycles. The van der Waals surface area contributed by atoms with Crippen molar-refractivity contribution in [1.29, 1.82) is 0 Å². The van der Waals surface area contributed by atoms with E-state index in [9.17, 15) is 4.39 Å². The highest BCUT2D eigenvalue weighted by atomic mass is 79.9. The Hall–Kier alpha value is -1.25. The number of hydrogen-bond donors (Lipinski definition) is 2. The maximum atomic E-state index is 15.6. The van der Waals surface area contributed by atoms with Gasteiger partial charge in [0.2, 0.25) is 0 Å². The Labute approximate surface area is 262 Å². The highest BCUT2D eigenvalue weighted by molar-refractivity contribution is 9.10. The number of nitrogens with zero attached hydrogens (tertiary/aromatic N) is 2. The second kappa shape index (κ2) is 11.7. The van der Waals surface area contributed by atoms with Crippen molar-refractivity contribution in [2.75, 3.05) is 24.7 Å². The van der Waals surface area contributed by atoms with Crippen LogP contribution in [0.5, 0.6) is 0 Å². The number of ether oxygens (including phenoxy) is 2. The summed E-state index contributed by atoms with van der Waals surface area (Å²) < 4.78 is 57.9. The van der Waals surface area contributed by atoms with E-state index < -0.39 is 28.2 Å². The second-order valence-corrected chi connectivity index (χ2v) is 14.8. The maximum absolute atomic E-state index is 15.6. The zero-order valence-electron chi connectivity index (χ0n) is 22.5. The lowest BCUT2D eigenvalue weighted by molar-refractivity contribution is -0.106.